The Balaban J connectivity index is 2.15. The lowest BCUT2D eigenvalue weighted by atomic mass is 10.1. The van der Waals surface area contributed by atoms with E-state index in [1.807, 2.05) is 43.3 Å². The van der Waals surface area contributed by atoms with E-state index >= 15 is 0 Å². The molecule has 0 saturated heterocycles. The van der Waals surface area contributed by atoms with Gasteiger partial charge in [-0.25, -0.2) is 0 Å². The van der Waals surface area contributed by atoms with Crippen LogP contribution in [0.15, 0.2) is 57.4 Å². The molecule has 0 bridgehead atoms. The normalized spacial score (nSPS) is 11.1. The van der Waals surface area contributed by atoms with E-state index in [9.17, 15) is 10.5 Å². The Hall–Kier alpha value is -3.74. The lowest BCUT2D eigenvalue weighted by Crippen LogP contribution is -2.03. The molecule has 0 aliphatic carbocycles. The smallest absolute Gasteiger partial charge is 0.191 e. The molecule has 0 N–H and O–H groups in total. The van der Waals surface area contributed by atoms with Gasteiger partial charge in [0.2, 0.25) is 0 Å². The minimum Gasteiger partial charge on any atom is -0.448 e. The van der Waals surface area contributed by atoms with Crippen LogP contribution in [0.2, 0.25) is 0 Å². The summed E-state index contributed by atoms with van der Waals surface area (Å²) in [6, 6.07) is 19.8. The first-order valence-corrected chi connectivity index (χ1v) is 9.61. The monoisotopic (exact) mass is 383 g/mol. The van der Waals surface area contributed by atoms with Gasteiger partial charge in [0.05, 0.1) is 20.4 Å². The van der Waals surface area contributed by atoms with Crippen LogP contribution in [0.4, 0.5) is 0 Å². The number of aromatic nitrogens is 1. The molecule has 0 radical (unpaired) electrons. The molecule has 6 heteroatoms. The molecule has 0 spiro atoms. The fourth-order valence-corrected chi connectivity index (χ4v) is 4.79. The zero-order chi connectivity index (χ0) is 19.3. The highest BCUT2D eigenvalue weighted by Gasteiger charge is 2.22. The van der Waals surface area contributed by atoms with Gasteiger partial charge in [-0.1, -0.05) is 24.3 Å². The van der Waals surface area contributed by atoms with Crippen molar-refractivity contribution in [2.75, 3.05) is 0 Å². The Morgan fingerprint density at radius 1 is 0.893 bits per heavy atom. The van der Waals surface area contributed by atoms with Crippen LogP contribution in [0, 0.1) is 22.7 Å². The minimum absolute atomic E-state index is 0.301. The highest BCUT2D eigenvalue weighted by Crippen LogP contribution is 2.39. The van der Waals surface area contributed by atoms with Crippen LogP contribution in [0.5, 0.6) is 0 Å². The average molecular weight is 383 g/mol. The van der Waals surface area contributed by atoms with Crippen LogP contribution >= 0.6 is 11.3 Å². The summed E-state index contributed by atoms with van der Waals surface area (Å²) < 4.78 is 15.9. The third-order valence-corrected chi connectivity index (χ3v) is 5.96. The Labute approximate surface area is 163 Å². The Kier molecular flexibility index (Phi) is 3.61. The molecule has 3 aromatic carbocycles. The Morgan fingerprint density at radius 2 is 1.50 bits per heavy atom. The molecular weight excluding hydrogens is 370 g/mol. The molecule has 134 valence electrons. The van der Waals surface area contributed by atoms with E-state index in [0.717, 1.165) is 14.9 Å². The minimum atomic E-state index is 0.301. The highest BCUT2D eigenvalue weighted by molar-refractivity contribution is 7.24. The maximum Gasteiger partial charge on any atom is 0.191 e. The maximum absolute atomic E-state index is 10.0. The van der Waals surface area contributed by atoms with Crippen molar-refractivity contribution in [2.24, 2.45) is 0 Å². The fraction of sp³-hybridized carbons (Fsp3) is 0.0909. The first-order chi connectivity index (χ1) is 13.8. The molecule has 5 aromatic rings. The van der Waals surface area contributed by atoms with Crippen molar-refractivity contribution in [3.05, 3.63) is 59.7 Å². The molecule has 0 atom stereocenters. The highest BCUT2D eigenvalue weighted by atomic mass is 32.1. The van der Waals surface area contributed by atoms with Crippen LogP contribution in [-0.2, 0) is 6.54 Å². The van der Waals surface area contributed by atoms with Crippen molar-refractivity contribution in [3.8, 4) is 12.1 Å². The Morgan fingerprint density at radius 3 is 2.14 bits per heavy atom. The summed E-state index contributed by atoms with van der Waals surface area (Å²) in [7, 11) is 0. The van der Waals surface area contributed by atoms with Crippen LogP contribution in [0.1, 0.15) is 18.1 Å². The van der Waals surface area contributed by atoms with Gasteiger partial charge in [-0.2, -0.15) is 10.5 Å². The average Bonchev–Trinajstić information content (AvgIpc) is 2.74. The van der Waals surface area contributed by atoms with E-state index < -0.39 is 0 Å². The first kappa shape index (κ1) is 16.4. The summed E-state index contributed by atoms with van der Waals surface area (Å²) in [5, 5.41) is 20.0. The van der Waals surface area contributed by atoms with E-state index in [1.54, 1.807) is 12.1 Å². The maximum atomic E-state index is 10.0. The number of rotatable bonds is 1. The summed E-state index contributed by atoms with van der Waals surface area (Å²) in [5.74, 6) is 0. The molecule has 0 aliphatic heterocycles. The molecule has 0 unspecified atom stereocenters. The molecule has 2 aromatic heterocycles. The molecule has 28 heavy (non-hydrogen) atoms. The van der Waals surface area contributed by atoms with Gasteiger partial charge in [-0.15, -0.1) is 11.3 Å². The fourth-order valence-electron chi connectivity index (χ4n) is 3.59. The molecule has 0 amide bonds. The third-order valence-electron chi connectivity index (χ3n) is 4.79. The van der Waals surface area contributed by atoms with Gasteiger partial charge in [0, 0.05) is 6.54 Å². The first-order valence-electron chi connectivity index (χ1n) is 8.80. The molecule has 0 fully saturated rings. The van der Waals surface area contributed by atoms with Gasteiger partial charge in [0.15, 0.2) is 22.3 Å². The predicted octanol–water partition coefficient (Wildman–Crippen LogP) is 6.24. The van der Waals surface area contributed by atoms with Gasteiger partial charge in [-0.05, 0) is 31.2 Å². The van der Waals surface area contributed by atoms with Gasteiger partial charge in [0.1, 0.15) is 23.3 Å². The number of aryl methyl sites for hydroxylation is 1. The number of nitriles is 2. The van der Waals surface area contributed by atoms with Crippen LogP contribution < -0.4 is 0 Å². The van der Waals surface area contributed by atoms with E-state index in [1.165, 1.54) is 11.3 Å². The molecule has 2 heterocycles. The summed E-state index contributed by atoms with van der Waals surface area (Å²) in [6.45, 7) is 2.68. The molecular formula is C22H13N3O2S. The standard InChI is InChI=1S/C22H13N3O2S/c1-2-25-15-7-3-6-10-18(15)28-22-14(12-24)21-20(13(11-23)19(22)25)26-16-8-4-5-9-17(16)27-21/h3-10H,2H2,1H3. The largest absolute Gasteiger partial charge is 0.448 e. The number of benzene rings is 3. The summed E-state index contributed by atoms with van der Waals surface area (Å²) in [5.41, 5.74) is 4.14. The van der Waals surface area contributed by atoms with Crippen LogP contribution in [-0.4, -0.2) is 4.57 Å². The lowest BCUT2D eigenvalue weighted by molar-refractivity contribution is 0.581. The molecule has 0 aliphatic rings. The number of hydrogen-bond donors (Lipinski definition) is 0. The summed E-state index contributed by atoms with van der Waals surface area (Å²) >= 11 is 1.49. The lowest BCUT2D eigenvalue weighted by Gasteiger charge is -2.16. The van der Waals surface area contributed by atoms with E-state index in [0.29, 0.717) is 45.5 Å². The third kappa shape index (κ3) is 2.16. The van der Waals surface area contributed by atoms with Gasteiger partial charge in [-0.3, -0.25) is 0 Å². The van der Waals surface area contributed by atoms with Crippen LogP contribution in [0.25, 0.3) is 42.8 Å². The van der Waals surface area contributed by atoms with Gasteiger partial charge < -0.3 is 13.4 Å². The second kappa shape index (κ2) is 6.16. The number of fused-ring (bicyclic) bond motifs is 4. The van der Waals surface area contributed by atoms with Crippen molar-refractivity contribution < 1.29 is 8.83 Å². The van der Waals surface area contributed by atoms with Crippen molar-refractivity contribution in [2.45, 2.75) is 13.5 Å². The number of nitrogens with zero attached hydrogens (tertiary/aromatic N) is 3. The SMILES string of the molecule is CCn1c2ccccc2sc2c(C#N)c3oc4ccccc4oc3c(C#N)c21. The second-order valence-corrected chi connectivity index (χ2v) is 7.33. The molecule has 5 nitrogen and oxygen atoms in total. The van der Waals surface area contributed by atoms with Crippen LogP contribution in [0.3, 0.4) is 0 Å². The van der Waals surface area contributed by atoms with Gasteiger partial charge in [0.25, 0.3) is 0 Å². The van der Waals surface area contributed by atoms with E-state index in [4.69, 9.17) is 8.83 Å². The van der Waals surface area contributed by atoms with Crippen molar-refractivity contribution in [1.29, 1.82) is 10.5 Å². The van der Waals surface area contributed by atoms with Crippen molar-refractivity contribution in [1.82, 2.24) is 4.57 Å². The molecule has 5 rings (SSSR count). The van der Waals surface area contributed by atoms with Gasteiger partial charge >= 0.3 is 0 Å². The topological polar surface area (TPSA) is 78.8 Å². The van der Waals surface area contributed by atoms with Crippen molar-refractivity contribution in [3.63, 3.8) is 0 Å². The zero-order valence-electron chi connectivity index (χ0n) is 14.9. The van der Waals surface area contributed by atoms with Crippen molar-refractivity contribution >= 4 is 54.1 Å². The quantitative estimate of drug-likeness (QED) is 0.321. The number of para-hydroxylation sites is 3. The molecule has 0 saturated carbocycles. The Bertz CT molecular complexity index is 1530. The van der Waals surface area contributed by atoms with E-state index in [2.05, 4.69) is 16.7 Å². The summed E-state index contributed by atoms with van der Waals surface area (Å²) in [4.78, 5) is 0. The zero-order valence-corrected chi connectivity index (χ0v) is 15.7. The number of hydrogen-bond acceptors (Lipinski definition) is 5. The van der Waals surface area contributed by atoms with E-state index in [-0.39, 0.29) is 0 Å². The summed E-state index contributed by atoms with van der Waals surface area (Å²) in [6.07, 6.45) is 0. The predicted molar refractivity (Wildman–Crippen MR) is 110 cm³/mol. The second-order valence-electron chi connectivity index (χ2n) is 6.27.